The van der Waals surface area contributed by atoms with Crippen LogP contribution in [0.3, 0.4) is 0 Å². The molecule has 1 fully saturated rings. The van der Waals surface area contributed by atoms with E-state index in [1.54, 1.807) is 19.3 Å². The highest BCUT2D eigenvalue weighted by molar-refractivity contribution is 5.93. The average molecular weight is 248 g/mol. The summed E-state index contributed by atoms with van der Waals surface area (Å²) in [5, 5.41) is 0. The van der Waals surface area contributed by atoms with Crippen LogP contribution in [-0.2, 0) is 0 Å². The Morgan fingerprint density at radius 2 is 2.11 bits per heavy atom. The van der Waals surface area contributed by atoms with Crippen LogP contribution in [0.4, 0.5) is 0 Å². The fourth-order valence-electron chi connectivity index (χ4n) is 2.42. The van der Waals surface area contributed by atoms with Crippen molar-refractivity contribution in [2.45, 2.75) is 32.7 Å². The number of aryl methyl sites for hydroxylation is 1. The molecule has 0 radical (unpaired) electrons. The fourth-order valence-corrected chi connectivity index (χ4v) is 2.42. The summed E-state index contributed by atoms with van der Waals surface area (Å²) in [6.07, 6.45) is 5.36. The number of hydrogen-bond donors (Lipinski definition) is 1. The number of rotatable bonds is 3. The number of hydrogen-bond acceptors (Lipinski definition) is 4. The molecule has 1 aliphatic rings. The molecule has 98 valence electrons. The second-order valence-electron chi connectivity index (χ2n) is 4.94. The van der Waals surface area contributed by atoms with Gasteiger partial charge in [-0.15, -0.1) is 0 Å². The van der Waals surface area contributed by atoms with E-state index in [9.17, 15) is 4.79 Å². The molecule has 0 spiro atoms. The van der Waals surface area contributed by atoms with Crippen molar-refractivity contribution >= 4 is 5.91 Å². The maximum absolute atomic E-state index is 12.2. The summed E-state index contributed by atoms with van der Waals surface area (Å²) in [6, 6.07) is 0.0975. The zero-order valence-electron chi connectivity index (χ0n) is 11.0. The van der Waals surface area contributed by atoms with E-state index in [2.05, 4.69) is 16.9 Å². The number of likely N-dealkylation sites (tertiary alicyclic amines) is 1. The number of aromatic nitrogens is 2. The molecule has 0 saturated carbocycles. The van der Waals surface area contributed by atoms with Gasteiger partial charge in [-0.1, -0.05) is 13.3 Å². The Hall–Kier alpha value is -1.49. The normalized spacial score (nSPS) is 23.4. The topological polar surface area (TPSA) is 72.1 Å². The zero-order chi connectivity index (χ0) is 13.1. The van der Waals surface area contributed by atoms with E-state index >= 15 is 0 Å². The van der Waals surface area contributed by atoms with Crippen molar-refractivity contribution in [1.29, 1.82) is 0 Å². The first-order chi connectivity index (χ1) is 8.61. The molecule has 0 bridgehead atoms. The maximum Gasteiger partial charge on any atom is 0.257 e. The number of amides is 1. The molecule has 1 aromatic rings. The molecule has 0 unspecified atom stereocenters. The molecular formula is C13H20N4O. The number of nitrogens with zero attached hydrogens (tertiary/aromatic N) is 3. The standard InChI is InChI=1S/C13H20N4O/c1-3-4-10-7-17(8-12(10)14)13(18)11-5-15-9(2)16-6-11/h5-6,10,12H,3-4,7-8,14H2,1-2H3/t10-,12-/m0/s1. The Kier molecular flexibility index (Phi) is 3.91. The highest BCUT2D eigenvalue weighted by Gasteiger charge is 2.32. The predicted molar refractivity (Wildman–Crippen MR) is 69.0 cm³/mol. The highest BCUT2D eigenvalue weighted by Crippen LogP contribution is 2.21. The van der Waals surface area contributed by atoms with E-state index in [4.69, 9.17) is 5.73 Å². The molecule has 2 rings (SSSR count). The quantitative estimate of drug-likeness (QED) is 0.865. The second kappa shape index (κ2) is 5.44. The number of nitrogens with two attached hydrogens (primary N) is 1. The van der Waals surface area contributed by atoms with E-state index in [0.717, 1.165) is 19.4 Å². The van der Waals surface area contributed by atoms with Gasteiger partial charge in [0.1, 0.15) is 5.82 Å². The SMILES string of the molecule is CCC[C@H]1CN(C(=O)c2cnc(C)nc2)C[C@@H]1N. The van der Waals surface area contributed by atoms with E-state index in [1.807, 2.05) is 4.90 Å². The van der Waals surface area contributed by atoms with E-state index in [1.165, 1.54) is 0 Å². The third-order valence-electron chi connectivity index (χ3n) is 3.47. The van der Waals surface area contributed by atoms with Crippen LogP contribution in [0.25, 0.3) is 0 Å². The Morgan fingerprint density at radius 1 is 1.44 bits per heavy atom. The zero-order valence-corrected chi connectivity index (χ0v) is 11.0. The largest absolute Gasteiger partial charge is 0.337 e. The molecule has 0 aromatic carbocycles. The third-order valence-corrected chi connectivity index (χ3v) is 3.47. The Morgan fingerprint density at radius 3 is 2.72 bits per heavy atom. The van der Waals surface area contributed by atoms with Crippen LogP contribution >= 0.6 is 0 Å². The average Bonchev–Trinajstić information content (AvgIpc) is 2.72. The lowest BCUT2D eigenvalue weighted by Gasteiger charge is -2.15. The van der Waals surface area contributed by atoms with Crippen molar-refractivity contribution in [2.24, 2.45) is 11.7 Å². The number of carbonyl (C=O) groups is 1. The van der Waals surface area contributed by atoms with Crippen LogP contribution < -0.4 is 5.73 Å². The van der Waals surface area contributed by atoms with Gasteiger partial charge in [-0.2, -0.15) is 0 Å². The summed E-state index contributed by atoms with van der Waals surface area (Å²) in [4.78, 5) is 22.2. The van der Waals surface area contributed by atoms with Gasteiger partial charge in [-0.25, -0.2) is 9.97 Å². The molecule has 1 aliphatic heterocycles. The van der Waals surface area contributed by atoms with Crippen LogP contribution in [0.2, 0.25) is 0 Å². The van der Waals surface area contributed by atoms with Gasteiger partial charge in [-0.3, -0.25) is 4.79 Å². The second-order valence-corrected chi connectivity index (χ2v) is 4.94. The first-order valence-corrected chi connectivity index (χ1v) is 6.45. The predicted octanol–water partition coefficient (Wildman–Crippen LogP) is 0.984. The van der Waals surface area contributed by atoms with Gasteiger partial charge in [0.15, 0.2) is 0 Å². The molecule has 5 heteroatoms. The van der Waals surface area contributed by atoms with Gasteiger partial charge < -0.3 is 10.6 Å². The van der Waals surface area contributed by atoms with Crippen LogP contribution in [0.15, 0.2) is 12.4 Å². The summed E-state index contributed by atoms with van der Waals surface area (Å²) in [5.41, 5.74) is 6.62. The van der Waals surface area contributed by atoms with Gasteiger partial charge in [0, 0.05) is 31.5 Å². The van der Waals surface area contributed by atoms with Crippen molar-refractivity contribution in [2.75, 3.05) is 13.1 Å². The smallest absolute Gasteiger partial charge is 0.257 e. The van der Waals surface area contributed by atoms with E-state index < -0.39 is 0 Å². The highest BCUT2D eigenvalue weighted by atomic mass is 16.2. The van der Waals surface area contributed by atoms with Crippen molar-refractivity contribution in [3.8, 4) is 0 Å². The van der Waals surface area contributed by atoms with E-state index in [-0.39, 0.29) is 11.9 Å². The van der Waals surface area contributed by atoms with Gasteiger partial charge >= 0.3 is 0 Å². The van der Waals surface area contributed by atoms with Crippen molar-refractivity contribution in [3.05, 3.63) is 23.8 Å². The monoisotopic (exact) mass is 248 g/mol. The van der Waals surface area contributed by atoms with Gasteiger partial charge in [0.25, 0.3) is 5.91 Å². The lowest BCUT2D eigenvalue weighted by atomic mass is 9.99. The molecule has 2 atom stereocenters. The van der Waals surface area contributed by atoms with Crippen molar-refractivity contribution in [3.63, 3.8) is 0 Å². The lowest BCUT2D eigenvalue weighted by molar-refractivity contribution is 0.0784. The first kappa shape index (κ1) is 13.0. The molecule has 2 heterocycles. The van der Waals surface area contributed by atoms with Crippen LogP contribution in [0.1, 0.15) is 35.9 Å². The minimum atomic E-state index is -0.0101. The third kappa shape index (κ3) is 2.67. The van der Waals surface area contributed by atoms with Gasteiger partial charge in [0.2, 0.25) is 0 Å². The molecular weight excluding hydrogens is 228 g/mol. The summed E-state index contributed by atoms with van der Waals surface area (Å²) in [7, 11) is 0. The Labute approximate surface area is 107 Å². The minimum absolute atomic E-state index is 0.0101. The van der Waals surface area contributed by atoms with Crippen LogP contribution in [0, 0.1) is 12.8 Å². The van der Waals surface area contributed by atoms with Crippen molar-refractivity contribution < 1.29 is 4.79 Å². The molecule has 18 heavy (non-hydrogen) atoms. The molecule has 1 aromatic heterocycles. The summed E-state index contributed by atoms with van der Waals surface area (Å²) in [5.74, 6) is 1.09. The molecule has 1 amide bonds. The summed E-state index contributed by atoms with van der Waals surface area (Å²) in [6.45, 7) is 5.33. The minimum Gasteiger partial charge on any atom is -0.337 e. The number of carbonyl (C=O) groups excluding carboxylic acids is 1. The van der Waals surface area contributed by atoms with Crippen LogP contribution in [-0.4, -0.2) is 39.9 Å². The lowest BCUT2D eigenvalue weighted by Crippen LogP contribution is -2.32. The molecule has 1 saturated heterocycles. The maximum atomic E-state index is 12.2. The van der Waals surface area contributed by atoms with Gasteiger partial charge in [0.05, 0.1) is 5.56 Å². The molecule has 2 N–H and O–H groups in total. The Balaban J connectivity index is 2.04. The van der Waals surface area contributed by atoms with E-state index in [0.29, 0.717) is 23.9 Å². The summed E-state index contributed by atoms with van der Waals surface area (Å²) >= 11 is 0. The Bertz CT molecular complexity index is 418. The van der Waals surface area contributed by atoms with Crippen LogP contribution in [0.5, 0.6) is 0 Å². The van der Waals surface area contributed by atoms with Gasteiger partial charge in [-0.05, 0) is 19.3 Å². The first-order valence-electron chi connectivity index (χ1n) is 6.45. The van der Waals surface area contributed by atoms with Crippen molar-refractivity contribution in [1.82, 2.24) is 14.9 Å². The molecule has 5 nitrogen and oxygen atoms in total. The molecule has 0 aliphatic carbocycles. The summed E-state index contributed by atoms with van der Waals surface area (Å²) < 4.78 is 0. The fraction of sp³-hybridized carbons (Fsp3) is 0.615.